The van der Waals surface area contributed by atoms with Crippen LogP contribution >= 0.6 is 11.5 Å². The molecule has 3 rings (SSSR count). The number of nitrogens with one attached hydrogen (secondary N) is 1. The van der Waals surface area contributed by atoms with Crippen molar-refractivity contribution in [2.45, 2.75) is 64.0 Å². The number of piperidine rings is 1. The highest BCUT2D eigenvalue weighted by Gasteiger charge is 2.36. The van der Waals surface area contributed by atoms with E-state index in [1.807, 2.05) is 0 Å². The third-order valence-corrected chi connectivity index (χ3v) is 5.36. The maximum Gasteiger partial charge on any atom is 0.267 e. The Labute approximate surface area is 130 Å². The third-order valence-electron chi connectivity index (χ3n) is 4.63. The van der Waals surface area contributed by atoms with Crippen molar-refractivity contribution in [3.05, 3.63) is 10.6 Å². The molecule has 0 bridgehead atoms. The lowest BCUT2D eigenvalue weighted by atomic mass is 9.94. The monoisotopic (exact) mass is 308 g/mol. The van der Waals surface area contributed by atoms with E-state index in [2.05, 4.69) is 33.7 Å². The summed E-state index contributed by atoms with van der Waals surface area (Å²) < 4.78 is 4.01. The van der Waals surface area contributed by atoms with E-state index in [9.17, 15) is 4.79 Å². The molecule has 2 aliphatic heterocycles. The molecule has 2 aliphatic rings. The maximum absolute atomic E-state index is 13.0. The topological polar surface area (TPSA) is 58.1 Å². The second kappa shape index (κ2) is 6.40. The Balaban J connectivity index is 1.82. The molecule has 0 aromatic carbocycles. The number of carbonyl (C=O) groups is 1. The van der Waals surface area contributed by atoms with Gasteiger partial charge in [-0.1, -0.05) is 18.3 Å². The summed E-state index contributed by atoms with van der Waals surface area (Å²) >= 11 is 1.25. The van der Waals surface area contributed by atoms with E-state index in [1.54, 1.807) is 0 Å². The number of amides is 1. The average molecular weight is 308 g/mol. The van der Waals surface area contributed by atoms with Gasteiger partial charge in [0.15, 0.2) is 0 Å². The van der Waals surface area contributed by atoms with Crippen LogP contribution in [0.15, 0.2) is 0 Å². The van der Waals surface area contributed by atoms with Crippen molar-refractivity contribution in [3.63, 3.8) is 0 Å². The largest absolute Gasteiger partial charge is 0.333 e. The molecule has 0 aliphatic carbocycles. The lowest BCUT2D eigenvalue weighted by molar-refractivity contribution is 0.0567. The summed E-state index contributed by atoms with van der Waals surface area (Å²) in [7, 11) is 0. The summed E-state index contributed by atoms with van der Waals surface area (Å²) in [5.74, 6) is 0.391. The van der Waals surface area contributed by atoms with E-state index in [4.69, 9.17) is 0 Å². The molecule has 1 N–H and O–H groups in total. The maximum atomic E-state index is 13.0. The van der Waals surface area contributed by atoms with Crippen LogP contribution < -0.4 is 5.32 Å². The van der Waals surface area contributed by atoms with E-state index >= 15 is 0 Å². The van der Waals surface area contributed by atoms with Crippen molar-refractivity contribution < 1.29 is 4.79 Å². The number of hydrogen-bond donors (Lipinski definition) is 1. The summed E-state index contributed by atoms with van der Waals surface area (Å²) in [6.45, 7) is 6.10. The fourth-order valence-electron chi connectivity index (χ4n) is 3.52. The molecule has 21 heavy (non-hydrogen) atoms. The average Bonchev–Trinajstić information content (AvgIpc) is 3.17. The van der Waals surface area contributed by atoms with E-state index in [-0.39, 0.29) is 11.8 Å². The molecule has 2 fully saturated rings. The predicted molar refractivity (Wildman–Crippen MR) is 83.7 cm³/mol. The Morgan fingerprint density at radius 2 is 2.19 bits per heavy atom. The van der Waals surface area contributed by atoms with Gasteiger partial charge >= 0.3 is 0 Å². The van der Waals surface area contributed by atoms with Crippen LogP contribution in [0.5, 0.6) is 0 Å². The highest BCUT2D eigenvalue weighted by molar-refractivity contribution is 7.08. The Morgan fingerprint density at radius 3 is 2.90 bits per heavy atom. The van der Waals surface area contributed by atoms with Gasteiger partial charge in [0.1, 0.15) is 4.88 Å². The second-order valence-corrected chi connectivity index (χ2v) is 7.16. The molecule has 1 aromatic rings. The van der Waals surface area contributed by atoms with Crippen LogP contribution in [0, 0.1) is 0 Å². The van der Waals surface area contributed by atoms with Gasteiger partial charge in [0.25, 0.3) is 5.91 Å². The van der Waals surface area contributed by atoms with Gasteiger partial charge in [-0.05, 0) is 56.1 Å². The quantitative estimate of drug-likeness (QED) is 0.931. The first-order valence-electron chi connectivity index (χ1n) is 8.05. The van der Waals surface area contributed by atoms with Crippen LogP contribution in [0.25, 0.3) is 0 Å². The van der Waals surface area contributed by atoms with Crippen molar-refractivity contribution in [1.82, 2.24) is 19.8 Å². The van der Waals surface area contributed by atoms with Gasteiger partial charge in [-0.15, -0.1) is 5.10 Å². The third kappa shape index (κ3) is 2.97. The number of carbonyl (C=O) groups excluding carboxylic acids is 1. The summed E-state index contributed by atoms with van der Waals surface area (Å²) in [4.78, 5) is 15.8. The molecule has 3 heterocycles. The van der Waals surface area contributed by atoms with Crippen molar-refractivity contribution in [1.29, 1.82) is 0 Å². The van der Waals surface area contributed by atoms with Crippen LogP contribution in [0.3, 0.4) is 0 Å². The van der Waals surface area contributed by atoms with Gasteiger partial charge in [-0.2, -0.15) is 0 Å². The molecule has 1 aromatic heterocycles. The molecule has 2 unspecified atom stereocenters. The van der Waals surface area contributed by atoms with Gasteiger partial charge in [-0.3, -0.25) is 4.79 Å². The van der Waals surface area contributed by atoms with Gasteiger partial charge in [0.05, 0.1) is 5.69 Å². The molecular weight excluding hydrogens is 284 g/mol. The highest BCUT2D eigenvalue weighted by Crippen LogP contribution is 2.28. The van der Waals surface area contributed by atoms with Crippen LogP contribution in [-0.2, 0) is 0 Å². The van der Waals surface area contributed by atoms with E-state index in [0.29, 0.717) is 12.1 Å². The minimum absolute atomic E-state index is 0.145. The Morgan fingerprint density at radius 1 is 1.33 bits per heavy atom. The minimum atomic E-state index is 0.145. The van der Waals surface area contributed by atoms with Crippen molar-refractivity contribution >= 4 is 17.4 Å². The van der Waals surface area contributed by atoms with Crippen molar-refractivity contribution in [2.24, 2.45) is 0 Å². The molecule has 2 saturated heterocycles. The first kappa shape index (κ1) is 14.9. The zero-order chi connectivity index (χ0) is 14.8. The standard InChI is InChI=1S/C15H24N4OS/c1-10(2)13-14(21-18-17-13)15(20)19-9-4-3-7-12(19)11-6-5-8-16-11/h10-12,16H,3-9H2,1-2H3. The van der Waals surface area contributed by atoms with Crippen LogP contribution in [0.2, 0.25) is 0 Å². The lowest BCUT2D eigenvalue weighted by Crippen LogP contribution is -2.52. The van der Waals surface area contributed by atoms with Gasteiger partial charge in [0, 0.05) is 18.6 Å². The zero-order valence-electron chi connectivity index (χ0n) is 12.8. The Bertz CT molecular complexity index is 496. The van der Waals surface area contributed by atoms with Gasteiger partial charge in [0.2, 0.25) is 0 Å². The van der Waals surface area contributed by atoms with Gasteiger partial charge < -0.3 is 10.2 Å². The predicted octanol–water partition coefficient (Wildman–Crippen LogP) is 2.41. The van der Waals surface area contributed by atoms with E-state index in [0.717, 1.165) is 36.5 Å². The fraction of sp³-hybridized carbons (Fsp3) is 0.800. The van der Waals surface area contributed by atoms with Crippen LogP contribution in [0.1, 0.15) is 67.2 Å². The molecule has 6 heteroatoms. The smallest absolute Gasteiger partial charge is 0.267 e. The highest BCUT2D eigenvalue weighted by atomic mass is 32.1. The Hall–Kier alpha value is -1.01. The summed E-state index contributed by atoms with van der Waals surface area (Å²) in [6, 6.07) is 0.813. The van der Waals surface area contributed by atoms with Crippen LogP contribution in [0.4, 0.5) is 0 Å². The van der Waals surface area contributed by atoms with E-state index in [1.165, 1.54) is 30.8 Å². The lowest BCUT2D eigenvalue weighted by Gasteiger charge is -2.39. The Kier molecular flexibility index (Phi) is 4.54. The zero-order valence-corrected chi connectivity index (χ0v) is 13.7. The number of nitrogens with zero attached hydrogens (tertiary/aromatic N) is 3. The van der Waals surface area contributed by atoms with E-state index < -0.39 is 0 Å². The number of likely N-dealkylation sites (tertiary alicyclic amines) is 1. The summed E-state index contributed by atoms with van der Waals surface area (Å²) in [5, 5.41) is 7.73. The van der Waals surface area contributed by atoms with Crippen LogP contribution in [-0.4, -0.2) is 45.6 Å². The fourth-order valence-corrected chi connectivity index (χ4v) is 4.30. The molecule has 0 radical (unpaired) electrons. The molecule has 2 atom stereocenters. The number of hydrogen-bond acceptors (Lipinski definition) is 5. The number of rotatable bonds is 3. The summed E-state index contributed by atoms with van der Waals surface area (Å²) in [6.07, 6.45) is 5.87. The SMILES string of the molecule is CC(C)c1nnsc1C(=O)N1CCCCC1C1CCCN1. The first-order valence-corrected chi connectivity index (χ1v) is 8.82. The molecule has 1 amide bonds. The molecular formula is C15H24N4OS. The summed E-state index contributed by atoms with van der Waals surface area (Å²) in [5.41, 5.74) is 0.855. The normalized spacial score (nSPS) is 26.5. The first-order chi connectivity index (χ1) is 10.2. The molecule has 5 nitrogen and oxygen atoms in total. The van der Waals surface area contributed by atoms with Crippen molar-refractivity contribution in [3.8, 4) is 0 Å². The molecule has 0 saturated carbocycles. The second-order valence-electron chi connectivity index (χ2n) is 6.41. The van der Waals surface area contributed by atoms with Crippen molar-refractivity contribution in [2.75, 3.05) is 13.1 Å². The molecule has 0 spiro atoms. The minimum Gasteiger partial charge on any atom is -0.333 e. The number of aromatic nitrogens is 2. The van der Waals surface area contributed by atoms with Gasteiger partial charge in [-0.25, -0.2) is 0 Å². The molecule has 116 valence electrons.